The van der Waals surface area contributed by atoms with Gasteiger partial charge in [0.25, 0.3) is 0 Å². The van der Waals surface area contributed by atoms with E-state index < -0.39 is 0 Å². The Morgan fingerprint density at radius 3 is 2.76 bits per heavy atom. The van der Waals surface area contributed by atoms with E-state index in [0.717, 1.165) is 21.6 Å². The molecule has 0 bridgehead atoms. The smallest absolute Gasteiger partial charge is 0.239 e. The molecule has 0 fully saturated rings. The van der Waals surface area contributed by atoms with Crippen molar-refractivity contribution in [2.24, 2.45) is 0 Å². The normalized spacial score (nSPS) is 10.5. The van der Waals surface area contributed by atoms with Gasteiger partial charge >= 0.3 is 0 Å². The number of nitrogens with zero attached hydrogens (tertiary/aromatic N) is 1. The Hall–Kier alpha value is -1.95. The lowest BCUT2D eigenvalue weighted by atomic mass is 10.3. The second-order valence-corrected chi connectivity index (χ2v) is 5.82. The Balaban J connectivity index is 1.74. The van der Waals surface area contributed by atoms with E-state index in [2.05, 4.69) is 15.6 Å². The van der Waals surface area contributed by atoms with Crippen molar-refractivity contribution in [2.45, 2.75) is 26.2 Å². The summed E-state index contributed by atoms with van der Waals surface area (Å²) in [5.41, 5.74) is 0.969. The van der Waals surface area contributed by atoms with Crippen LogP contribution in [0.2, 0.25) is 0 Å². The molecule has 5 nitrogen and oxygen atoms in total. The minimum atomic E-state index is -0.148. The fourth-order valence-electron chi connectivity index (χ4n) is 1.84. The van der Waals surface area contributed by atoms with Crippen molar-refractivity contribution in [3.05, 3.63) is 29.3 Å². The molecule has 0 aliphatic heterocycles. The Morgan fingerprint density at radius 1 is 1.19 bits per heavy atom. The van der Waals surface area contributed by atoms with Gasteiger partial charge in [-0.2, -0.15) is 0 Å². The third kappa shape index (κ3) is 4.82. The van der Waals surface area contributed by atoms with E-state index in [1.54, 1.807) is 11.3 Å². The summed E-state index contributed by atoms with van der Waals surface area (Å²) in [4.78, 5) is 27.5. The number of nitrogens with one attached hydrogen (secondary N) is 2. The lowest BCUT2D eigenvalue weighted by molar-refractivity contribution is -0.126. The van der Waals surface area contributed by atoms with Gasteiger partial charge in [0.1, 0.15) is 0 Å². The average Bonchev–Trinajstić information content (AvgIpc) is 2.91. The zero-order valence-corrected chi connectivity index (χ0v) is 12.8. The molecule has 2 amide bonds. The van der Waals surface area contributed by atoms with Gasteiger partial charge < -0.3 is 10.6 Å². The first kappa shape index (κ1) is 15.4. The van der Waals surface area contributed by atoms with Crippen LogP contribution in [0.5, 0.6) is 0 Å². The van der Waals surface area contributed by atoms with Crippen LogP contribution in [0.4, 0.5) is 0 Å². The number of amides is 2. The zero-order chi connectivity index (χ0) is 15.1. The number of rotatable bonds is 7. The molecule has 0 atom stereocenters. The van der Waals surface area contributed by atoms with Crippen molar-refractivity contribution in [3.63, 3.8) is 0 Å². The van der Waals surface area contributed by atoms with Gasteiger partial charge in [0.2, 0.25) is 11.8 Å². The van der Waals surface area contributed by atoms with Crippen LogP contribution in [0.15, 0.2) is 24.3 Å². The summed E-state index contributed by atoms with van der Waals surface area (Å²) in [6.45, 7) is 2.66. The van der Waals surface area contributed by atoms with E-state index in [1.807, 2.05) is 31.2 Å². The molecule has 2 N–H and O–H groups in total. The molecule has 0 saturated carbocycles. The molecular weight excluding hydrogens is 286 g/mol. The minimum absolute atomic E-state index is 0.0404. The largest absolute Gasteiger partial charge is 0.355 e. The zero-order valence-electron chi connectivity index (χ0n) is 12.0. The summed E-state index contributed by atoms with van der Waals surface area (Å²) in [6, 6.07) is 7.92. The summed E-state index contributed by atoms with van der Waals surface area (Å²) in [6.07, 6.45) is 1.83. The number of thiazole rings is 1. The maximum atomic E-state index is 11.7. The predicted molar refractivity (Wildman–Crippen MR) is 84.3 cm³/mol. The quantitative estimate of drug-likeness (QED) is 0.820. The summed E-state index contributed by atoms with van der Waals surface area (Å²) >= 11 is 1.60. The van der Waals surface area contributed by atoms with Crippen LogP contribution in [0.3, 0.4) is 0 Å². The average molecular weight is 305 g/mol. The molecule has 0 saturated heterocycles. The number of para-hydroxylation sites is 1. The number of hydrogen-bond donors (Lipinski definition) is 2. The fraction of sp³-hybridized carbons (Fsp3) is 0.400. The van der Waals surface area contributed by atoms with Crippen LogP contribution in [0, 0.1) is 0 Å². The Kier molecular flexibility index (Phi) is 5.68. The highest BCUT2D eigenvalue weighted by Gasteiger charge is 2.08. The third-order valence-electron chi connectivity index (χ3n) is 2.92. The monoisotopic (exact) mass is 305 g/mol. The molecule has 0 radical (unpaired) electrons. The Bertz CT molecular complexity index is 591. The molecular formula is C15H19N3O2S. The molecule has 6 heteroatoms. The van der Waals surface area contributed by atoms with E-state index in [9.17, 15) is 9.59 Å². The molecule has 1 aromatic carbocycles. The van der Waals surface area contributed by atoms with Gasteiger partial charge in [0.15, 0.2) is 0 Å². The number of hydrogen-bond acceptors (Lipinski definition) is 4. The van der Waals surface area contributed by atoms with E-state index in [4.69, 9.17) is 0 Å². The fourth-order valence-corrected chi connectivity index (χ4v) is 2.81. The highest BCUT2D eigenvalue weighted by atomic mass is 32.1. The molecule has 21 heavy (non-hydrogen) atoms. The highest BCUT2D eigenvalue weighted by molar-refractivity contribution is 7.18. The lowest BCUT2D eigenvalue weighted by Crippen LogP contribution is -2.37. The van der Waals surface area contributed by atoms with E-state index in [0.29, 0.717) is 19.4 Å². The maximum Gasteiger partial charge on any atom is 0.239 e. The number of fused-ring (bicyclic) bond motifs is 1. The second-order valence-electron chi connectivity index (χ2n) is 4.70. The standard InChI is InChI=1S/C15H19N3O2S/c1-2-9-16-14(20)10-17-13(19)7-8-15-18-11-5-3-4-6-12(11)21-15/h3-6H,2,7-10H2,1H3,(H,16,20)(H,17,19). The van der Waals surface area contributed by atoms with Crippen LogP contribution in [0.1, 0.15) is 24.8 Å². The van der Waals surface area contributed by atoms with Gasteiger partial charge in [-0.3, -0.25) is 9.59 Å². The van der Waals surface area contributed by atoms with Crippen molar-refractivity contribution in [1.82, 2.24) is 15.6 Å². The van der Waals surface area contributed by atoms with Crippen molar-refractivity contribution < 1.29 is 9.59 Å². The van der Waals surface area contributed by atoms with Gasteiger partial charge in [-0.1, -0.05) is 19.1 Å². The molecule has 1 heterocycles. The van der Waals surface area contributed by atoms with Crippen LogP contribution in [-0.2, 0) is 16.0 Å². The Labute approximate surface area is 127 Å². The van der Waals surface area contributed by atoms with E-state index in [-0.39, 0.29) is 18.4 Å². The summed E-state index contributed by atoms with van der Waals surface area (Å²) in [7, 11) is 0. The van der Waals surface area contributed by atoms with Gasteiger partial charge in [0, 0.05) is 19.4 Å². The number of aromatic nitrogens is 1. The number of aryl methyl sites for hydroxylation is 1. The molecule has 2 aromatic rings. The molecule has 0 aliphatic carbocycles. The first-order chi connectivity index (χ1) is 10.2. The van der Waals surface area contributed by atoms with Crippen molar-refractivity contribution >= 4 is 33.4 Å². The number of carbonyl (C=O) groups excluding carboxylic acids is 2. The number of carbonyl (C=O) groups is 2. The van der Waals surface area contributed by atoms with Crippen molar-refractivity contribution in [3.8, 4) is 0 Å². The first-order valence-electron chi connectivity index (χ1n) is 7.07. The summed E-state index contributed by atoms with van der Waals surface area (Å²) in [5, 5.41) is 6.28. The van der Waals surface area contributed by atoms with Gasteiger partial charge in [-0.25, -0.2) is 4.98 Å². The number of benzene rings is 1. The third-order valence-corrected chi connectivity index (χ3v) is 4.02. The van der Waals surface area contributed by atoms with Gasteiger partial charge in [0.05, 0.1) is 21.8 Å². The summed E-state index contributed by atoms with van der Waals surface area (Å²) in [5.74, 6) is -0.272. The van der Waals surface area contributed by atoms with Crippen molar-refractivity contribution in [1.29, 1.82) is 0 Å². The van der Waals surface area contributed by atoms with Crippen LogP contribution < -0.4 is 10.6 Å². The second kappa shape index (κ2) is 7.73. The van der Waals surface area contributed by atoms with Crippen LogP contribution in [-0.4, -0.2) is 29.9 Å². The minimum Gasteiger partial charge on any atom is -0.355 e. The van der Waals surface area contributed by atoms with E-state index in [1.165, 1.54) is 0 Å². The first-order valence-corrected chi connectivity index (χ1v) is 7.88. The SMILES string of the molecule is CCCNC(=O)CNC(=O)CCc1nc2ccccc2s1. The molecule has 0 spiro atoms. The van der Waals surface area contributed by atoms with E-state index >= 15 is 0 Å². The highest BCUT2D eigenvalue weighted by Crippen LogP contribution is 2.22. The van der Waals surface area contributed by atoms with Crippen LogP contribution in [0.25, 0.3) is 10.2 Å². The molecule has 0 unspecified atom stereocenters. The topological polar surface area (TPSA) is 71.1 Å². The lowest BCUT2D eigenvalue weighted by Gasteiger charge is -2.05. The molecule has 112 valence electrons. The van der Waals surface area contributed by atoms with Crippen LogP contribution >= 0.6 is 11.3 Å². The predicted octanol–water partition coefficient (Wildman–Crippen LogP) is 1.87. The molecule has 0 aliphatic rings. The summed E-state index contributed by atoms with van der Waals surface area (Å²) < 4.78 is 1.13. The molecule has 2 rings (SSSR count). The van der Waals surface area contributed by atoms with Gasteiger partial charge in [-0.05, 0) is 18.6 Å². The van der Waals surface area contributed by atoms with Crippen molar-refractivity contribution in [2.75, 3.05) is 13.1 Å². The molecule has 1 aromatic heterocycles. The maximum absolute atomic E-state index is 11.7. The Morgan fingerprint density at radius 2 is 2.00 bits per heavy atom. The van der Waals surface area contributed by atoms with Gasteiger partial charge in [-0.15, -0.1) is 11.3 Å².